The number of rotatable bonds is 6. The lowest BCUT2D eigenvalue weighted by Gasteiger charge is -2.06. The van der Waals surface area contributed by atoms with Gasteiger partial charge in [-0.1, -0.05) is 17.4 Å². The van der Waals surface area contributed by atoms with Gasteiger partial charge in [0.25, 0.3) is 5.91 Å². The lowest BCUT2D eigenvalue weighted by molar-refractivity contribution is 0.0997. The third-order valence-electron chi connectivity index (χ3n) is 4.19. The number of ether oxygens (including phenoxy) is 2. The maximum absolute atomic E-state index is 12.8. The number of carbonyl (C=O) groups excluding carboxylic acids is 1. The van der Waals surface area contributed by atoms with E-state index in [1.807, 2.05) is 4.57 Å². The lowest BCUT2D eigenvalue weighted by atomic mass is 10.2. The number of allylic oxidation sites excluding steroid dienone is 1. The van der Waals surface area contributed by atoms with Crippen molar-refractivity contribution < 1.29 is 22.7 Å². The van der Waals surface area contributed by atoms with Crippen LogP contribution in [0.3, 0.4) is 0 Å². The number of amides is 1. The number of benzene rings is 2. The topological polar surface area (TPSA) is 87.0 Å². The number of sulfone groups is 1. The third kappa shape index (κ3) is 4.41. The molecule has 0 saturated carbocycles. The van der Waals surface area contributed by atoms with E-state index in [9.17, 15) is 13.2 Å². The highest BCUT2D eigenvalue weighted by Crippen LogP contribution is 2.24. The van der Waals surface area contributed by atoms with Crippen LogP contribution in [0.5, 0.6) is 11.5 Å². The van der Waals surface area contributed by atoms with Gasteiger partial charge < -0.3 is 14.0 Å². The zero-order chi connectivity index (χ0) is 21.2. The molecule has 2 aromatic carbocycles. The van der Waals surface area contributed by atoms with E-state index >= 15 is 0 Å². The van der Waals surface area contributed by atoms with Crippen LogP contribution in [-0.4, -0.2) is 39.4 Å². The van der Waals surface area contributed by atoms with Crippen LogP contribution < -0.4 is 14.3 Å². The van der Waals surface area contributed by atoms with E-state index < -0.39 is 15.7 Å². The molecule has 0 aliphatic rings. The van der Waals surface area contributed by atoms with Gasteiger partial charge in [-0.25, -0.2) is 8.42 Å². The number of thiazole rings is 1. The highest BCUT2D eigenvalue weighted by atomic mass is 32.2. The van der Waals surface area contributed by atoms with Crippen LogP contribution in [0.4, 0.5) is 0 Å². The standard InChI is InChI=1S/C20H20N2O5S2/c1-5-8-22-17-7-6-16(29(4,24)25)12-18(17)28-20(22)21-19(23)13-9-14(26-2)11-15(10-13)27-3/h5-7,9-12H,1,8H2,2-4H3. The molecule has 3 rings (SSSR count). The Morgan fingerprint density at radius 2 is 1.83 bits per heavy atom. The van der Waals surface area contributed by atoms with Crippen LogP contribution in [0.1, 0.15) is 10.4 Å². The first-order chi connectivity index (χ1) is 13.8. The summed E-state index contributed by atoms with van der Waals surface area (Å²) in [7, 11) is -0.333. The summed E-state index contributed by atoms with van der Waals surface area (Å²) in [5.41, 5.74) is 1.10. The fourth-order valence-electron chi connectivity index (χ4n) is 2.76. The molecule has 7 nitrogen and oxygen atoms in total. The highest BCUT2D eigenvalue weighted by Gasteiger charge is 2.14. The number of fused-ring (bicyclic) bond motifs is 1. The predicted molar refractivity (Wildman–Crippen MR) is 113 cm³/mol. The van der Waals surface area contributed by atoms with Gasteiger partial charge in [0, 0.05) is 24.4 Å². The second-order valence-corrected chi connectivity index (χ2v) is 9.23. The first-order valence-electron chi connectivity index (χ1n) is 8.53. The Balaban J connectivity index is 2.17. The van der Waals surface area contributed by atoms with Crippen LogP contribution in [0.15, 0.2) is 58.9 Å². The van der Waals surface area contributed by atoms with Crippen molar-refractivity contribution in [3.8, 4) is 11.5 Å². The van der Waals surface area contributed by atoms with Crippen LogP contribution in [0.25, 0.3) is 10.2 Å². The van der Waals surface area contributed by atoms with Crippen molar-refractivity contribution in [2.75, 3.05) is 20.5 Å². The molecule has 9 heteroatoms. The lowest BCUT2D eigenvalue weighted by Crippen LogP contribution is -2.16. The van der Waals surface area contributed by atoms with Gasteiger partial charge in [0.05, 0.1) is 29.3 Å². The molecule has 1 heterocycles. The van der Waals surface area contributed by atoms with Crippen molar-refractivity contribution in [3.05, 3.63) is 59.4 Å². The van der Waals surface area contributed by atoms with E-state index in [1.165, 1.54) is 25.6 Å². The Hall–Kier alpha value is -2.91. The van der Waals surface area contributed by atoms with Crippen molar-refractivity contribution >= 4 is 37.3 Å². The summed E-state index contributed by atoms with van der Waals surface area (Å²) in [5.74, 6) is 0.502. The maximum atomic E-state index is 12.8. The van der Waals surface area contributed by atoms with Gasteiger partial charge >= 0.3 is 0 Å². The normalized spacial score (nSPS) is 12.2. The minimum absolute atomic E-state index is 0.215. The molecule has 3 aromatic rings. The molecule has 0 spiro atoms. The van der Waals surface area contributed by atoms with E-state index in [2.05, 4.69) is 11.6 Å². The van der Waals surface area contributed by atoms with Crippen molar-refractivity contribution in [1.29, 1.82) is 0 Å². The Labute approximate surface area is 172 Å². The Bertz CT molecular complexity index is 1250. The fraction of sp³-hybridized carbons (Fsp3) is 0.200. The number of hydrogen-bond donors (Lipinski definition) is 0. The molecule has 0 aliphatic carbocycles. The zero-order valence-corrected chi connectivity index (χ0v) is 17.8. The molecule has 0 fully saturated rings. The molecule has 0 unspecified atom stereocenters. The van der Waals surface area contributed by atoms with Crippen molar-refractivity contribution in [2.24, 2.45) is 4.99 Å². The zero-order valence-electron chi connectivity index (χ0n) is 16.2. The van der Waals surface area contributed by atoms with Crippen LogP contribution in [0.2, 0.25) is 0 Å². The Morgan fingerprint density at radius 3 is 2.38 bits per heavy atom. The van der Waals surface area contributed by atoms with Crippen molar-refractivity contribution in [3.63, 3.8) is 0 Å². The fourth-order valence-corrected chi connectivity index (χ4v) is 4.56. The molecular formula is C20H20N2O5S2. The van der Waals surface area contributed by atoms with Gasteiger partial charge in [-0.15, -0.1) is 6.58 Å². The van der Waals surface area contributed by atoms with Crippen molar-refractivity contribution in [2.45, 2.75) is 11.4 Å². The van der Waals surface area contributed by atoms with E-state index in [1.54, 1.807) is 42.5 Å². The van der Waals surface area contributed by atoms with Gasteiger partial charge in [0.2, 0.25) is 0 Å². The highest BCUT2D eigenvalue weighted by molar-refractivity contribution is 7.90. The van der Waals surface area contributed by atoms with Crippen LogP contribution >= 0.6 is 11.3 Å². The maximum Gasteiger partial charge on any atom is 0.279 e. The molecule has 29 heavy (non-hydrogen) atoms. The SMILES string of the molecule is C=CCn1c(=NC(=O)c2cc(OC)cc(OC)c2)sc2cc(S(C)(=O)=O)ccc21. The number of hydrogen-bond acceptors (Lipinski definition) is 6. The number of carbonyl (C=O) groups is 1. The van der Waals surface area contributed by atoms with E-state index in [4.69, 9.17) is 9.47 Å². The summed E-state index contributed by atoms with van der Waals surface area (Å²) >= 11 is 1.24. The third-order valence-corrected chi connectivity index (χ3v) is 6.34. The second kappa shape index (κ2) is 8.22. The average molecular weight is 433 g/mol. The summed E-state index contributed by atoms with van der Waals surface area (Å²) in [6.07, 6.45) is 2.85. The number of aromatic nitrogens is 1. The summed E-state index contributed by atoms with van der Waals surface area (Å²) < 4.78 is 36.7. The van der Waals surface area contributed by atoms with Gasteiger partial charge in [-0.3, -0.25) is 4.79 Å². The van der Waals surface area contributed by atoms with Gasteiger partial charge in [0.1, 0.15) is 11.5 Å². The molecule has 0 aliphatic heterocycles. The molecule has 0 radical (unpaired) electrons. The van der Waals surface area contributed by atoms with Crippen molar-refractivity contribution in [1.82, 2.24) is 4.57 Å². The van der Waals surface area contributed by atoms with E-state index in [0.29, 0.717) is 33.1 Å². The molecule has 1 aromatic heterocycles. The summed E-state index contributed by atoms with van der Waals surface area (Å²) in [6, 6.07) is 9.68. The molecule has 0 N–H and O–H groups in total. The Morgan fingerprint density at radius 1 is 1.17 bits per heavy atom. The molecule has 0 bridgehead atoms. The minimum atomic E-state index is -3.34. The summed E-state index contributed by atoms with van der Waals surface area (Å²) in [6.45, 7) is 4.17. The van der Waals surface area contributed by atoms with E-state index in [-0.39, 0.29) is 4.90 Å². The van der Waals surface area contributed by atoms with Gasteiger partial charge in [0.15, 0.2) is 14.6 Å². The van der Waals surface area contributed by atoms with Gasteiger partial charge in [-0.05, 0) is 30.3 Å². The largest absolute Gasteiger partial charge is 0.497 e. The van der Waals surface area contributed by atoms with Gasteiger partial charge in [-0.2, -0.15) is 4.99 Å². The number of nitrogens with zero attached hydrogens (tertiary/aromatic N) is 2. The molecule has 152 valence electrons. The molecule has 1 amide bonds. The average Bonchev–Trinajstić information content (AvgIpc) is 3.03. The first kappa shape index (κ1) is 20.8. The summed E-state index contributed by atoms with van der Waals surface area (Å²) in [4.78, 5) is 17.7. The summed E-state index contributed by atoms with van der Waals surface area (Å²) in [5, 5.41) is 0. The molecular weight excluding hydrogens is 412 g/mol. The molecule has 0 atom stereocenters. The second-order valence-electron chi connectivity index (χ2n) is 6.20. The minimum Gasteiger partial charge on any atom is -0.497 e. The smallest absolute Gasteiger partial charge is 0.279 e. The number of methoxy groups -OCH3 is 2. The first-order valence-corrected chi connectivity index (χ1v) is 11.2. The molecule has 0 saturated heterocycles. The predicted octanol–water partition coefficient (Wildman–Crippen LogP) is 3.05. The monoisotopic (exact) mass is 432 g/mol. The van der Waals surface area contributed by atoms with Crippen LogP contribution in [0, 0.1) is 0 Å². The quantitative estimate of drug-likeness (QED) is 0.559. The van der Waals surface area contributed by atoms with E-state index in [0.717, 1.165) is 11.8 Å². The Kier molecular flexibility index (Phi) is 5.90. The van der Waals surface area contributed by atoms with Crippen LogP contribution in [-0.2, 0) is 16.4 Å².